The molecule has 0 heterocycles. The van der Waals surface area contributed by atoms with Gasteiger partial charge >= 0.3 is 34.3 Å². The third kappa shape index (κ3) is 27.1. The van der Waals surface area contributed by atoms with Crippen molar-refractivity contribution >= 4 is 20.6 Å². The van der Waals surface area contributed by atoms with Gasteiger partial charge in [0.1, 0.15) is 18.8 Å². The Morgan fingerprint density at radius 1 is 0.818 bits per heavy atom. The molecule has 0 saturated carbocycles. The van der Waals surface area contributed by atoms with Crippen LogP contribution in [0.15, 0.2) is 5.76 Å². The van der Waals surface area contributed by atoms with Gasteiger partial charge in [-0.25, -0.2) is 0 Å². The predicted molar refractivity (Wildman–Crippen MR) is 119 cm³/mol. The second kappa shape index (κ2) is 27.2. The summed E-state index contributed by atoms with van der Waals surface area (Å²) < 4.78 is 43.9. The van der Waals surface area contributed by atoms with E-state index in [0.717, 1.165) is 25.3 Å². The second-order valence-corrected chi connectivity index (χ2v) is 9.48. The van der Waals surface area contributed by atoms with E-state index < -0.39 is 14.8 Å². The van der Waals surface area contributed by atoms with Crippen LogP contribution in [0.2, 0.25) is 6.04 Å². The van der Waals surface area contributed by atoms with E-state index in [4.69, 9.17) is 42.7 Å². The Balaban J connectivity index is -0.000000530. The van der Waals surface area contributed by atoms with Gasteiger partial charge < -0.3 is 45.7 Å². The van der Waals surface area contributed by atoms with Gasteiger partial charge in [0.25, 0.3) is 0 Å². The van der Waals surface area contributed by atoms with Crippen molar-refractivity contribution in [1.29, 1.82) is 0 Å². The van der Waals surface area contributed by atoms with Crippen LogP contribution in [0.5, 0.6) is 0 Å². The van der Waals surface area contributed by atoms with Gasteiger partial charge in [-0.15, -0.1) is 0 Å². The standard InChI is InChI=1S/C13H21O5.C8H19O4Si.Co.O/c1-11(2)17-7-5-4-6-16-8-9-18-13(15)10-12(3)14;1-5-12-7-6-8-13(9-2,10-3)11-4;;/h1H,4-10H2,2-3H3;1,5-8H2,2-4H3;;/q2*-1;;. The third-order valence-corrected chi connectivity index (χ3v) is 6.58. The molecular weight excluding hydrogens is 499 g/mol. The molecule has 0 radical (unpaired) electrons. The monoisotopic (exact) mass is 539 g/mol. The number of hydrogen-bond donors (Lipinski definition) is 0. The number of rotatable bonds is 19. The summed E-state index contributed by atoms with van der Waals surface area (Å²) >= 11 is 2.31. The van der Waals surface area contributed by atoms with Gasteiger partial charge in [-0.3, -0.25) is 9.59 Å². The molecule has 0 aromatic carbocycles. The first-order chi connectivity index (χ1) is 15.8. The number of Topliss-reactive ketones (excluding diaryl/α,β-unsaturated/α-hetero) is 1. The molecule has 12 heteroatoms. The first-order valence-corrected chi connectivity index (χ1v) is 12.7. The van der Waals surface area contributed by atoms with Crippen molar-refractivity contribution in [2.75, 3.05) is 61.0 Å². The normalized spacial score (nSPS) is 10.3. The van der Waals surface area contributed by atoms with Crippen molar-refractivity contribution in [3.05, 3.63) is 19.3 Å². The summed E-state index contributed by atoms with van der Waals surface area (Å²) in [6.45, 7) is 14.8. The molecule has 0 aliphatic heterocycles. The summed E-state index contributed by atoms with van der Waals surface area (Å²) in [6, 6.07) is 0.774. The van der Waals surface area contributed by atoms with Crippen LogP contribution in [0.25, 0.3) is 0 Å². The Morgan fingerprint density at radius 2 is 1.36 bits per heavy atom. The molecule has 0 saturated heterocycles. The maximum atomic E-state index is 11.0. The summed E-state index contributed by atoms with van der Waals surface area (Å²) in [5, 5.41) is 0. The molecule has 33 heavy (non-hydrogen) atoms. The zero-order chi connectivity index (χ0) is 26.0. The van der Waals surface area contributed by atoms with Crippen molar-refractivity contribution in [2.24, 2.45) is 0 Å². The summed E-state index contributed by atoms with van der Waals surface area (Å²) in [7, 11) is 2.47. The molecular formula is C21H40CoO10Si-2. The van der Waals surface area contributed by atoms with Gasteiger partial charge in [-0.1, -0.05) is 12.4 Å². The summed E-state index contributed by atoms with van der Waals surface area (Å²) in [4.78, 5) is 21.5. The van der Waals surface area contributed by atoms with Crippen LogP contribution in [0.1, 0.15) is 39.5 Å². The molecule has 0 atom stereocenters. The van der Waals surface area contributed by atoms with E-state index in [-0.39, 0.29) is 18.8 Å². The van der Waals surface area contributed by atoms with Crippen LogP contribution in [0, 0.1) is 13.5 Å². The number of hydrogen-bond acceptors (Lipinski definition) is 10. The minimum atomic E-state index is -2.37. The number of ether oxygens (including phenoxy) is 4. The Labute approximate surface area is 207 Å². The number of esters is 1. The maximum absolute atomic E-state index is 11.0. The van der Waals surface area contributed by atoms with Crippen molar-refractivity contribution in [1.82, 2.24) is 0 Å². The molecule has 0 aromatic rings. The molecule has 0 aliphatic rings. The zero-order valence-corrected chi connectivity index (χ0v) is 22.5. The zero-order valence-electron chi connectivity index (χ0n) is 20.5. The van der Waals surface area contributed by atoms with Crippen LogP contribution in [0.3, 0.4) is 0 Å². The van der Waals surface area contributed by atoms with E-state index in [2.05, 4.69) is 22.6 Å². The van der Waals surface area contributed by atoms with E-state index >= 15 is 0 Å². The topological polar surface area (TPSA) is 116 Å². The molecule has 0 bridgehead atoms. The molecule has 0 rings (SSSR count). The Bertz CT molecular complexity index is 481. The SMILES string of the molecule is [CH-]=C(C)OCCCCOCCOC(=O)CC(C)=O.[CH2-]COCCC[Si](OC)(OC)OC.[O]=[Co]. The first-order valence-electron chi connectivity index (χ1n) is 10.4. The van der Waals surface area contributed by atoms with Crippen molar-refractivity contribution in [3.63, 3.8) is 0 Å². The average molecular weight is 540 g/mol. The van der Waals surface area contributed by atoms with Gasteiger partial charge in [0, 0.05) is 40.6 Å². The number of carbonyl (C=O) groups is 2. The number of carbonyl (C=O) groups excluding carboxylic acids is 2. The fourth-order valence-corrected chi connectivity index (χ4v) is 3.85. The van der Waals surface area contributed by atoms with Crippen LogP contribution < -0.4 is 0 Å². The van der Waals surface area contributed by atoms with E-state index in [1.54, 1.807) is 28.3 Å². The number of ketones is 1. The quantitative estimate of drug-likeness (QED) is 0.0606. The van der Waals surface area contributed by atoms with E-state index in [0.29, 0.717) is 38.8 Å². The molecule has 0 unspecified atom stereocenters. The first kappa shape index (κ1) is 36.6. The van der Waals surface area contributed by atoms with E-state index in [1.807, 2.05) is 0 Å². The molecule has 0 aromatic heterocycles. The Kier molecular flexibility index (Phi) is 30.2. The number of unbranched alkanes of at least 4 members (excludes halogenated alkanes) is 1. The van der Waals surface area contributed by atoms with Crippen LogP contribution in [-0.4, -0.2) is 81.5 Å². The molecule has 10 nitrogen and oxygen atoms in total. The van der Waals surface area contributed by atoms with Gasteiger partial charge in [-0.05, 0) is 33.1 Å². The Morgan fingerprint density at radius 3 is 1.85 bits per heavy atom. The van der Waals surface area contributed by atoms with E-state index in [1.165, 1.54) is 6.92 Å². The fraction of sp³-hybridized carbons (Fsp3) is 0.762. The summed E-state index contributed by atoms with van der Waals surface area (Å²) in [5.74, 6) is -0.241. The molecule has 0 amide bonds. The van der Waals surface area contributed by atoms with Crippen molar-refractivity contribution in [2.45, 2.75) is 45.6 Å². The molecule has 0 fully saturated rings. The molecule has 0 N–H and O–H groups in total. The van der Waals surface area contributed by atoms with Crippen LogP contribution in [-0.2, 0) is 61.3 Å². The van der Waals surface area contributed by atoms with Gasteiger partial charge in [0.15, 0.2) is 0 Å². The average Bonchev–Trinajstić information content (AvgIpc) is 2.80. The fourth-order valence-electron chi connectivity index (χ4n) is 2.16. The van der Waals surface area contributed by atoms with Crippen molar-refractivity contribution < 1.29 is 61.3 Å². The summed E-state index contributed by atoms with van der Waals surface area (Å²) in [5.41, 5.74) is 0. The number of allylic oxidation sites excluding steroid dienone is 1. The van der Waals surface area contributed by atoms with Gasteiger partial charge in [0.05, 0.1) is 13.2 Å². The van der Waals surface area contributed by atoms with Crippen LogP contribution in [0.4, 0.5) is 0 Å². The Hall–Kier alpha value is -0.997. The molecule has 0 aliphatic carbocycles. The minimum absolute atomic E-state index is 0.174. The third-order valence-electron chi connectivity index (χ3n) is 3.75. The van der Waals surface area contributed by atoms with E-state index in [9.17, 15) is 9.59 Å². The molecule has 199 valence electrons. The van der Waals surface area contributed by atoms with Gasteiger partial charge in [0.2, 0.25) is 0 Å². The van der Waals surface area contributed by atoms with Gasteiger partial charge in [-0.2, -0.15) is 0 Å². The molecule has 0 spiro atoms. The predicted octanol–water partition coefficient (Wildman–Crippen LogP) is 2.64. The van der Waals surface area contributed by atoms with Crippen LogP contribution >= 0.6 is 0 Å². The van der Waals surface area contributed by atoms with Crippen molar-refractivity contribution in [3.8, 4) is 0 Å². The summed E-state index contributed by atoms with van der Waals surface area (Å²) in [6.07, 6.45) is 2.41. The second-order valence-electron chi connectivity index (χ2n) is 6.39.